The molecule has 7 heteroatoms. The summed E-state index contributed by atoms with van der Waals surface area (Å²) in [7, 11) is 0. The van der Waals surface area contributed by atoms with Crippen molar-refractivity contribution in [2.45, 2.75) is 32.9 Å². The summed E-state index contributed by atoms with van der Waals surface area (Å²) in [4.78, 5) is 50.7. The van der Waals surface area contributed by atoms with Gasteiger partial charge in [-0.05, 0) is 37.1 Å². The van der Waals surface area contributed by atoms with E-state index < -0.39 is 29.9 Å². The molecule has 1 unspecified atom stereocenters. The topological polar surface area (TPSA) is 102 Å². The van der Waals surface area contributed by atoms with Crippen molar-refractivity contribution in [1.82, 2.24) is 5.32 Å². The number of carbonyl (C=O) groups excluding carboxylic acids is 4. The lowest BCUT2D eigenvalue weighted by molar-refractivity contribution is -0.157. The summed E-state index contributed by atoms with van der Waals surface area (Å²) >= 11 is 0. The van der Waals surface area contributed by atoms with Crippen LogP contribution in [-0.2, 0) is 14.3 Å². The highest BCUT2D eigenvalue weighted by atomic mass is 16.5. The maximum Gasteiger partial charge on any atom is 0.330 e. The lowest BCUT2D eigenvalue weighted by Crippen LogP contribution is -2.46. The predicted octanol–water partition coefficient (Wildman–Crippen LogP) is 4.57. The first-order chi connectivity index (χ1) is 16.8. The SMILES string of the molecule is CC(=O)c1cccc(NC(=O)C(OC(=O)[C@@H](NC(=O)c2ccccc2)C(C)C)c2ccccc2)c1. The molecule has 0 bridgehead atoms. The molecule has 3 rings (SSSR count). The van der Waals surface area contributed by atoms with Gasteiger partial charge in [0, 0.05) is 22.4 Å². The third kappa shape index (κ3) is 6.86. The van der Waals surface area contributed by atoms with E-state index in [2.05, 4.69) is 10.6 Å². The van der Waals surface area contributed by atoms with Crippen molar-refractivity contribution < 1.29 is 23.9 Å². The van der Waals surface area contributed by atoms with Gasteiger partial charge in [-0.25, -0.2) is 4.79 Å². The molecule has 2 amide bonds. The maximum atomic E-state index is 13.2. The predicted molar refractivity (Wildman–Crippen MR) is 133 cm³/mol. The summed E-state index contributed by atoms with van der Waals surface area (Å²) in [5.74, 6) is -2.15. The molecular formula is C28H28N2O5. The van der Waals surface area contributed by atoms with Crippen LogP contribution in [0.2, 0.25) is 0 Å². The van der Waals surface area contributed by atoms with Gasteiger partial charge in [-0.1, -0.05) is 74.5 Å². The van der Waals surface area contributed by atoms with Crippen molar-refractivity contribution >= 4 is 29.3 Å². The molecule has 35 heavy (non-hydrogen) atoms. The number of anilines is 1. The molecule has 0 fully saturated rings. The molecule has 2 N–H and O–H groups in total. The van der Waals surface area contributed by atoms with Crippen LogP contribution in [0, 0.1) is 5.92 Å². The number of amides is 2. The summed E-state index contributed by atoms with van der Waals surface area (Å²) in [5.41, 5.74) is 1.73. The fourth-order valence-electron chi connectivity index (χ4n) is 3.43. The number of nitrogens with one attached hydrogen (secondary N) is 2. The average Bonchev–Trinajstić information content (AvgIpc) is 2.86. The largest absolute Gasteiger partial charge is 0.446 e. The molecule has 0 aliphatic carbocycles. The molecule has 0 saturated heterocycles. The van der Waals surface area contributed by atoms with Crippen LogP contribution >= 0.6 is 0 Å². The lowest BCUT2D eigenvalue weighted by atomic mass is 10.0. The zero-order chi connectivity index (χ0) is 25.4. The molecule has 2 atom stereocenters. The van der Waals surface area contributed by atoms with Crippen molar-refractivity contribution in [3.05, 3.63) is 102 Å². The quantitative estimate of drug-likeness (QED) is 0.351. The average molecular weight is 473 g/mol. The number of carbonyl (C=O) groups is 4. The van der Waals surface area contributed by atoms with Crippen molar-refractivity contribution in [2.75, 3.05) is 5.32 Å². The number of hydrogen-bond acceptors (Lipinski definition) is 5. The highest BCUT2D eigenvalue weighted by Gasteiger charge is 2.32. The van der Waals surface area contributed by atoms with Gasteiger partial charge in [0.25, 0.3) is 11.8 Å². The Balaban J connectivity index is 1.82. The van der Waals surface area contributed by atoms with Crippen LogP contribution < -0.4 is 10.6 Å². The molecule has 180 valence electrons. The van der Waals surface area contributed by atoms with Crippen LogP contribution in [0.25, 0.3) is 0 Å². The van der Waals surface area contributed by atoms with Gasteiger partial charge in [0.2, 0.25) is 6.10 Å². The molecule has 3 aromatic carbocycles. The molecule has 0 aliphatic heterocycles. The molecule has 3 aromatic rings. The molecule has 0 spiro atoms. The number of rotatable bonds is 9. The van der Waals surface area contributed by atoms with E-state index in [1.54, 1.807) is 98.8 Å². The highest BCUT2D eigenvalue weighted by Crippen LogP contribution is 2.22. The van der Waals surface area contributed by atoms with Crippen molar-refractivity contribution in [3.63, 3.8) is 0 Å². The van der Waals surface area contributed by atoms with Crippen molar-refractivity contribution in [3.8, 4) is 0 Å². The maximum absolute atomic E-state index is 13.2. The Morgan fingerprint density at radius 3 is 1.97 bits per heavy atom. The lowest BCUT2D eigenvalue weighted by Gasteiger charge is -2.24. The molecular weight excluding hydrogens is 444 g/mol. The van der Waals surface area contributed by atoms with Crippen molar-refractivity contribution in [1.29, 1.82) is 0 Å². The number of ketones is 1. The Labute approximate surface area is 204 Å². The van der Waals surface area contributed by atoms with E-state index in [4.69, 9.17) is 4.74 Å². The van der Waals surface area contributed by atoms with Crippen LogP contribution in [0.3, 0.4) is 0 Å². The molecule has 7 nitrogen and oxygen atoms in total. The minimum atomic E-state index is -1.26. The van der Waals surface area contributed by atoms with Crippen molar-refractivity contribution in [2.24, 2.45) is 5.92 Å². The number of Topliss-reactive ketones (excluding diaryl/α,β-unsaturated/α-hetero) is 1. The van der Waals surface area contributed by atoms with Crippen LogP contribution in [0.15, 0.2) is 84.9 Å². The molecule has 0 aromatic heterocycles. The summed E-state index contributed by atoms with van der Waals surface area (Å²) in [6.07, 6.45) is -1.26. The normalized spacial score (nSPS) is 12.3. The van der Waals surface area contributed by atoms with Crippen LogP contribution in [0.4, 0.5) is 5.69 Å². The third-order valence-corrected chi connectivity index (χ3v) is 5.35. The first-order valence-electron chi connectivity index (χ1n) is 11.3. The number of ether oxygens (including phenoxy) is 1. The van der Waals surface area contributed by atoms with Gasteiger partial charge >= 0.3 is 5.97 Å². The van der Waals surface area contributed by atoms with Gasteiger partial charge in [0.05, 0.1) is 0 Å². The van der Waals surface area contributed by atoms with E-state index in [9.17, 15) is 19.2 Å². The Bertz CT molecular complexity index is 1190. The highest BCUT2D eigenvalue weighted by molar-refractivity contribution is 6.00. The molecule has 0 aliphatic rings. The third-order valence-electron chi connectivity index (χ3n) is 5.35. The second kappa shape index (κ2) is 11.7. The van der Waals surface area contributed by atoms with Crippen LogP contribution in [0.1, 0.15) is 53.2 Å². The molecule has 0 saturated carbocycles. The number of benzene rings is 3. The van der Waals surface area contributed by atoms with E-state index in [1.807, 2.05) is 0 Å². The minimum Gasteiger partial charge on any atom is -0.446 e. The van der Waals surface area contributed by atoms with E-state index in [-0.39, 0.29) is 11.7 Å². The fourth-order valence-corrected chi connectivity index (χ4v) is 3.43. The smallest absolute Gasteiger partial charge is 0.330 e. The van der Waals surface area contributed by atoms with E-state index in [0.29, 0.717) is 22.4 Å². The fraction of sp³-hybridized carbons (Fsp3) is 0.214. The Morgan fingerprint density at radius 2 is 1.37 bits per heavy atom. The Morgan fingerprint density at radius 1 is 0.771 bits per heavy atom. The zero-order valence-corrected chi connectivity index (χ0v) is 19.9. The first kappa shape index (κ1) is 25.4. The molecule has 0 radical (unpaired) electrons. The second-order valence-corrected chi connectivity index (χ2v) is 8.42. The van der Waals surface area contributed by atoms with Gasteiger partial charge < -0.3 is 15.4 Å². The van der Waals surface area contributed by atoms with E-state index in [0.717, 1.165) is 0 Å². The van der Waals surface area contributed by atoms with Gasteiger partial charge in [-0.2, -0.15) is 0 Å². The second-order valence-electron chi connectivity index (χ2n) is 8.42. The van der Waals surface area contributed by atoms with Gasteiger partial charge in [0.1, 0.15) is 6.04 Å². The monoisotopic (exact) mass is 472 g/mol. The Kier molecular flexibility index (Phi) is 8.51. The molecule has 0 heterocycles. The minimum absolute atomic E-state index is 0.138. The zero-order valence-electron chi connectivity index (χ0n) is 19.9. The van der Waals surface area contributed by atoms with Crippen LogP contribution in [-0.4, -0.2) is 29.6 Å². The Hall–Kier alpha value is -4.26. The van der Waals surface area contributed by atoms with Gasteiger partial charge in [-0.15, -0.1) is 0 Å². The van der Waals surface area contributed by atoms with Gasteiger partial charge in [-0.3, -0.25) is 14.4 Å². The van der Waals surface area contributed by atoms with E-state index in [1.165, 1.54) is 6.92 Å². The summed E-state index contributed by atoms with van der Waals surface area (Å²) in [6, 6.07) is 22.7. The first-order valence-corrected chi connectivity index (χ1v) is 11.3. The standard InChI is InChI=1S/C28H28N2O5/c1-18(2)24(30-26(32)21-13-8-5-9-14-21)28(34)35-25(20-11-6-4-7-12-20)27(33)29-23-16-10-15-22(17-23)19(3)31/h4-18,24-25H,1-3H3,(H,29,33)(H,30,32)/t24-,25?/m0/s1. The summed E-state index contributed by atoms with van der Waals surface area (Å²) in [5, 5.41) is 5.44. The van der Waals surface area contributed by atoms with Gasteiger partial charge in [0.15, 0.2) is 5.78 Å². The van der Waals surface area contributed by atoms with Crippen LogP contribution in [0.5, 0.6) is 0 Å². The number of hydrogen-bond donors (Lipinski definition) is 2. The summed E-state index contributed by atoms with van der Waals surface area (Å²) < 4.78 is 5.68. The summed E-state index contributed by atoms with van der Waals surface area (Å²) in [6.45, 7) is 5.00. The van der Waals surface area contributed by atoms with E-state index >= 15 is 0 Å². The number of esters is 1.